The molecule has 1 aromatic rings. The molecule has 0 amide bonds. The Bertz CT molecular complexity index is 792. The van der Waals surface area contributed by atoms with E-state index in [-0.39, 0.29) is 12.0 Å². The number of fused-ring (bicyclic) bond motifs is 1. The van der Waals surface area contributed by atoms with E-state index in [1.807, 2.05) is 25.5 Å². The predicted octanol–water partition coefficient (Wildman–Crippen LogP) is 4.05. The number of allylic oxidation sites excluding steroid dienone is 1. The number of benzene rings is 1. The first-order valence-electron chi connectivity index (χ1n) is 9.12. The van der Waals surface area contributed by atoms with Gasteiger partial charge in [-0.15, -0.1) is 0 Å². The minimum atomic E-state index is -0.285. The first-order valence-corrected chi connectivity index (χ1v) is 10.00. The number of amidine groups is 1. The molecular weight excluding hydrogens is 346 g/mol. The molecule has 26 heavy (non-hydrogen) atoms. The first kappa shape index (κ1) is 17.2. The van der Waals surface area contributed by atoms with Crippen molar-refractivity contribution in [3.8, 4) is 0 Å². The van der Waals surface area contributed by atoms with Crippen molar-refractivity contribution < 1.29 is 9.53 Å². The average molecular weight is 369 g/mol. The van der Waals surface area contributed by atoms with Crippen LogP contribution in [0.15, 0.2) is 52.1 Å². The van der Waals surface area contributed by atoms with Crippen LogP contribution >= 0.6 is 11.8 Å². The van der Waals surface area contributed by atoms with Gasteiger partial charge in [-0.05, 0) is 49.8 Å². The average Bonchev–Trinajstić information content (AvgIpc) is 3.32. The van der Waals surface area contributed by atoms with Gasteiger partial charge < -0.3 is 14.5 Å². The summed E-state index contributed by atoms with van der Waals surface area (Å²) in [6, 6.07) is 8.39. The zero-order valence-electron chi connectivity index (χ0n) is 15.1. The van der Waals surface area contributed by atoms with Gasteiger partial charge in [0, 0.05) is 25.0 Å². The summed E-state index contributed by atoms with van der Waals surface area (Å²) >= 11 is 1.58. The van der Waals surface area contributed by atoms with Crippen LogP contribution in [0.4, 0.5) is 5.69 Å². The maximum Gasteiger partial charge on any atom is 0.338 e. The maximum atomic E-state index is 12.6. The minimum absolute atomic E-state index is 0.194. The fourth-order valence-electron chi connectivity index (χ4n) is 3.74. The van der Waals surface area contributed by atoms with Crippen LogP contribution in [0.25, 0.3) is 0 Å². The van der Waals surface area contributed by atoms with Gasteiger partial charge in [0.05, 0.1) is 23.9 Å². The number of hydrogen-bond acceptors (Lipinski definition) is 6. The first-order chi connectivity index (χ1) is 12.7. The number of rotatable bonds is 4. The summed E-state index contributed by atoms with van der Waals surface area (Å²) in [6.45, 7) is 6.32. The van der Waals surface area contributed by atoms with Crippen molar-refractivity contribution in [3.05, 3.63) is 52.7 Å². The van der Waals surface area contributed by atoms with Gasteiger partial charge in [-0.25, -0.2) is 9.79 Å². The molecule has 1 unspecified atom stereocenters. The van der Waals surface area contributed by atoms with Crippen molar-refractivity contribution in [2.75, 3.05) is 24.6 Å². The molecule has 3 aliphatic rings. The molecule has 1 saturated heterocycles. The lowest BCUT2D eigenvalue weighted by Gasteiger charge is -2.33. The van der Waals surface area contributed by atoms with Gasteiger partial charge >= 0.3 is 5.97 Å². The van der Waals surface area contributed by atoms with Gasteiger partial charge in [0.2, 0.25) is 0 Å². The number of esters is 1. The van der Waals surface area contributed by atoms with E-state index in [9.17, 15) is 4.79 Å². The van der Waals surface area contributed by atoms with Crippen molar-refractivity contribution in [1.29, 1.82) is 0 Å². The smallest absolute Gasteiger partial charge is 0.338 e. The van der Waals surface area contributed by atoms with Crippen molar-refractivity contribution in [1.82, 2.24) is 4.90 Å². The van der Waals surface area contributed by atoms with Crippen LogP contribution < -0.4 is 4.90 Å². The quantitative estimate of drug-likeness (QED) is 0.749. The molecule has 0 spiro atoms. The SMILES string of the molecule is CCOC(=O)C1=C(C)N=C2SC=CN2C1c1ccc(N2CCCC2)cc1. The molecule has 1 atom stereocenters. The van der Waals surface area contributed by atoms with E-state index < -0.39 is 0 Å². The zero-order chi connectivity index (χ0) is 18.1. The van der Waals surface area contributed by atoms with Crippen LogP contribution in [0, 0.1) is 0 Å². The zero-order valence-corrected chi connectivity index (χ0v) is 16.0. The van der Waals surface area contributed by atoms with E-state index in [1.165, 1.54) is 18.5 Å². The van der Waals surface area contributed by atoms with E-state index in [1.54, 1.807) is 11.8 Å². The molecule has 0 radical (unpaired) electrons. The number of aliphatic imine (C=N–C) groups is 1. The molecule has 5 nitrogen and oxygen atoms in total. The number of anilines is 1. The van der Waals surface area contributed by atoms with Crippen LogP contribution in [0.3, 0.4) is 0 Å². The van der Waals surface area contributed by atoms with Crippen molar-refractivity contribution in [2.45, 2.75) is 32.7 Å². The Kier molecular flexibility index (Phi) is 4.76. The Labute approximate surface area is 158 Å². The second-order valence-corrected chi connectivity index (χ2v) is 7.49. The van der Waals surface area contributed by atoms with Gasteiger partial charge in [0.25, 0.3) is 0 Å². The third-order valence-electron chi connectivity index (χ3n) is 5.00. The summed E-state index contributed by atoms with van der Waals surface area (Å²) in [5.41, 5.74) is 3.69. The van der Waals surface area contributed by atoms with Gasteiger partial charge in [-0.3, -0.25) is 0 Å². The number of nitrogens with zero attached hydrogens (tertiary/aromatic N) is 3. The number of carbonyl (C=O) groups is 1. The van der Waals surface area contributed by atoms with Crippen molar-refractivity contribution in [3.63, 3.8) is 0 Å². The number of ether oxygens (including phenoxy) is 1. The summed E-state index contributed by atoms with van der Waals surface area (Å²) in [7, 11) is 0. The van der Waals surface area contributed by atoms with Crippen LogP contribution in [0.5, 0.6) is 0 Å². The molecular formula is C20H23N3O2S. The molecule has 1 aromatic carbocycles. The fraction of sp³-hybridized carbons (Fsp3) is 0.400. The van der Waals surface area contributed by atoms with Gasteiger partial charge in [-0.2, -0.15) is 0 Å². The summed E-state index contributed by atoms with van der Waals surface area (Å²) in [5.74, 6) is -0.285. The fourth-order valence-corrected chi connectivity index (χ4v) is 4.53. The van der Waals surface area contributed by atoms with E-state index in [0.717, 1.165) is 29.5 Å². The molecule has 0 saturated carbocycles. The number of thioether (sulfide) groups is 1. The van der Waals surface area contributed by atoms with E-state index in [2.05, 4.69) is 39.1 Å². The van der Waals surface area contributed by atoms with E-state index in [0.29, 0.717) is 12.2 Å². The lowest BCUT2D eigenvalue weighted by atomic mass is 9.94. The predicted molar refractivity (Wildman–Crippen MR) is 106 cm³/mol. The molecule has 0 aromatic heterocycles. The van der Waals surface area contributed by atoms with Crippen LogP contribution in [-0.4, -0.2) is 35.7 Å². The normalized spacial score (nSPS) is 21.9. The lowest BCUT2D eigenvalue weighted by molar-refractivity contribution is -0.139. The highest BCUT2D eigenvalue weighted by Gasteiger charge is 2.37. The molecule has 136 valence electrons. The van der Waals surface area contributed by atoms with Crippen molar-refractivity contribution in [2.24, 2.45) is 4.99 Å². The highest BCUT2D eigenvalue weighted by atomic mass is 32.2. The molecule has 0 bridgehead atoms. The highest BCUT2D eigenvalue weighted by molar-refractivity contribution is 8.16. The van der Waals surface area contributed by atoms with Gasteiger partial charge in [0.1, 0.15) is 0 Å². The Balaban J connectivity index is 1.70. The standard InChI is InChI=1S/C20H23N3O2S/c1-3-25-19(24)17-14(2)21-20-23(12-13-26-20)18(17)15-6-8-16(9-7-15)22-10-4-5-11-22/h6-9,12-13,18H,3-5,10-11H2,1-2H3. The summed E-state index contributed by atoms with van der Waals surface area (Å²) in [4.78, 5) is 21.7. The van der Waals surface area contributed by atoms with Gasteiger partial charge in [-0.1, -0.05) is 23.9 Å². The Morgan fingerprint density at radius 3 is 2.69 bits per heavy atom. The molecule has 0 N–H and O–H groups in total. The molecule has 4 rings (SSSR count). The monoisotopic (exact) mass is 369 g/mol. The van der Waals surface area contributed by atoms with Gasteiger partial charge in [0.15, 0.2) is 5.17 Å². The Morgan fingerprint density at radius 2 is 2.00 bits per heavy atom. The summed E-state index contributed by atoms with van der Waals surface area (Å²) < 4.78 is 5.33. The van der Waals surface area contributed by atoms with Crippen molar-refractivity contribution >= 4 is 28.6 Å². The molecule has 6 heteroatoms. The van der Waals surface area contributed by atoms with Crippen LogP contribution in [-0.2, 0) is 9.53 Å². The molecule has 3 aliphatic heterocycles. The Hall–Kier alpha value is -2.21. The summed E-state index contributed by atoms with van der Waals surface area (Å²) in [6.07, 6.45) is 4.51. The van der Waals surface area contributed by atoms with Crippen LogP contribution in [0.2, 0.25) is 0 Å². The third kappa shape index (κ3) is 3.03. The van der Waals surface area contributed by atoms with Crippen LogP contribution in [0.1, 0.15) is 38.3 Å². The maximum absolute atomic E-state index is 12.6. The third-order valence-corrected chi connectivity index (χ3v) is 5.77. The van der Waals surface area contributed by atoms with E-state index in [4.69, 9.17) is 4.74 Å². The molecule has 3 heterocycles. The topological polar surface area (TPSA) is 45.1 Å². The Morgan fingerprint density at radius 1 is 1.27 bits per heavy atom. The molecule has 0 aliphatic carbocycles. The highest BCUT2D eigenvalue weighted by Crippen LogP contribution is 2.41. The minimum Gasteiger partial charge on any atom is -0.463 e. The summed E-state index contributed by atoms with van der Waals surface area (Å²) in [5, 5.41) is 2.91. The van der Waals surface area contributed by atoms with E-state index >= 15 is 0 Å². The number of carbonyl (C=O) groups excluding carboxylic acids is 1. The lowest BCUT2D eigenvalue weighted by Crippen LogP contribution is -2.34. The second kappa shape index (κ2) is 7.19. The second-order valence-electron chi connectivity index (χ2n) is 6.61. The largest absolute Gasteiger partial charge is 0.463 e. The molecule has 1 fully saturated rings. The number of hydrogen-bond donors (Lipinski definition) is 0.